The molecule has 1 saturated heterocycles. The van der Waals surface area contributed by atoms with E-state index in [0.717, 1.165) is 5.56 Å². The molecule has 0 bridgehead atoms. The van der Waals surface area contributed by atoms with Gasteiger partial charge in [-0.2, -0.15) is 0 Å². The average Bonchev–Trinajstić information content (AvgIpc) is 2.45. The second-order valence-corrected chi connectivity index (χ2v) is 5.50. The van der Waals surface area contributed by atoms with Crippen LogP contribution in [0.1, 0.15) is 33.3 Å². The largest absolute Gasteiger partial charge is 0.487 e. The van der Waals surface area contributed by atoms with Gasteiger partial charge in [0.1, 0.15) is 5.82 Å². The summed E-state index contributed by atoms with van der Waals surface area (Å²) >= 11 is 0. The predicted molar refractivity (Wildman–Crippen MR) is 73.8 cm³/mol. The third-order valence-electron chi connectivity index (χ3n) is 3.52. The lowest BCUT2D eigenvalue weighted by Crippen LogP contribution is -2.41. The highest BCUT2D eigenvalue weighted by molar-refractivity contribution is 6.52. The van der Waals surface area contributed by atoms with E-state index in [4.69, 9.17) is 15.0 Å². The van der Waals surface area contributed by atoms with E-state index in [2.05, 4.69) is 4.98 Å². The second kappa shape index (κ2) is 4.41. The number of pyridine rings is 1. The van der Waals surface area contributed by atoms with Gasteiger partial charge in [-0.25, -0.2) is 4.98 Å². The minimum atomic E-state index is -0.329. The van der Waals surface area contributed by atoms with Crippen molar-refractivity contribution in [3.8, 4) is 0 Å². The molecule has 0 atom stereocenters. The summed E-state index contributed by atoms with van der Waals surface area (Å²) in [4.78, 5) is 3.95. The maximum atomic E-state index is 5.86. The molecule has 0 saturated carbocycles. The summed E-state index contributed by atoms with van der Waals surface area (Å²) in [6.45, 7) is 8.13. The molecule has 1 aromatic heterocycles. The van der Waals surface area contributed by atoms with Gasteiger partial charge in [-0.15, -0.1) is 0 Å². The van der Waals surface area contributed by atoms with Gasteiger partial charge < -0.3 is 15.0 Å². The number of nitrogens with zero attached hydrogens (tertiary/aromatic N) is 1. The van der Waals surface area contributed by atoms with Crippen LogP contribution < -0.4 is 5.73 Å². The average molecular weight is 246 g/mol. The van der Waals surface area contributed by atoms with Gasteiger partial charge in [-0.3, -0.25) is 0 Å². The lowest BCUT2D eigenvalue weighted by atomic mass is 9.89. The quantitative estimate of drug-likeness (QED) is 0.813. The number of anilines is 1. The summed E-state index contributed by atoms with van der Waals surface area (Å²) < 4.78 is 11.7. The summed E-state index contributed by atoms with van der Waals surface area (Å²) in [6.07, 6.45) is 3.61. The molecule has 4 nitrogen and oxygen atoms in total. The molecule has 1 fully saturated rings. The Morgan fingerprint density at radius 2 is 1.83 bits per heavy atom. The van der Waals surface area contributed by atoms with Crippen LogP contribution in [0.15, 0.2) is 24.3 Å². The van der Waals surface area contributed by atoms with Crippen LogP contribution in [0.4, 0.5) is 5.82 Å². The molecule has 0 spiro atoms. The fourth-order valence-corrected chi connectivity index (χ4v) is 1.73. The highest BCUT2D eigenvalue weighted by atomic mass is 16.7. The summed E-state index contributed by atoms with van der Waals surface area (Å²) in [5, 5.41) is 0. The standard InChI is InChI=1S/C13H19BN2O2/c1-12(2)13(3,4)18-14(17-12)7-5-10-6-8-16-11(15)9-10/h5-9H,1-4H3,(H2,15,16)/b7-5+. The first-order valence-electron chi connectivity index (χ1n) is 6.05. The van der Waals surface area contributed by atoms with Gasteiger partial charge in [0.25, 0.3) is 0 Å². The first-order valence-corrected chi connectivity index (χ1v) is 6.05. The van der Waals surface area contributed by atoms with E-state index in [1.807, 2.05) is 51.9 Å². The zero-order valence-electron chi connectivity index (χ0n) is 11.3. The Morgan fingerprint density at radius 1 is 1.22 bits per heavy atom. The van der Waals surface area contributed by atoms with E-state index in [1.165, 1.54) is 0 Å². The van der Waals surface area contributed by atoms with E-state index in [9.17, 15) is 0 Å². The summed E-state index contributed by atoms with van der Waals surface area (Å²) in [5.41, 5.74) is 5.99. The van der Waals surface area contributed by atoms with E-state index in [0.29, 0.717) is 5.82 Å². The lowest BCUT2D eigenvalue weighted by Gasteiger charge is -2.32. The van der Waals surface area contributed by atoms with Crippen molar-refractivity contribution in [3.63, 3.8) is 0 Å². The van der Waals surface area contributed by atoms with Crippen molar-refractivity contribution in [3.05, 3.63) is 29.9 Å². The van der Waals surface area contributed by atoms with E-state index < -0.39 is 0 Å². The Hall–Kier alpha value is -1.33. The van der Waals surface area contributed by atoms with Crippen LogP contribution in [0.5, 0.6) is 0 Å². The molecule has 1 aliphatic rings. The maximum Gasteiger partial charge on any atom is 0.487 e. The van der Waals surface area contributed by atoms with E-state index in [1.54, 1.807) is 6.20 Å². The Kier molecular flexibility index (Phi) is 3.21. The van der Waals surface area contributed by atoms with Crippen molar-refractivity contribution in [1.82, 2.24) is 4.98 Å². The monoisotopic (exact) mass is 246 g/mol. The van der Waals surface area contributed by atoms with E-state index >= 15 is 0 Å². The van der Waals surface area contributed by atoms with Gasteiger partial charge in [0.2, 0.25) is 0 Å². The van der Waals surface area contributed by atoms with Crippen LogP contribution in [-0.2, 0) is 9.31 Å². The summed E-state index contributed by atoms with van der Waals surface area (Å²) in [5.74, 6) is 2.40. The van der Waals surface area contributed by atoms with Crippen LogP contribution in [0.2, 0.25) is 0 Å². The Balaban J connectivity index is 2.08. The minimum absolute atomic E-state index is 0.306. The third kappa shape index (κ3) is 2.57. The molecule has 2 heterocycles. The molecular formula is C13H19BN2O2. The first kappa shape index (κ1) is 13.1. The molecule has 18 heavy (non-hydrogen) atoms. The van der Waals surface area contributed by atoms with Gasteiger partial charge in [0, 0.05) is 6.20 Å². The van der Waals surface area contributed by atoms with Gasteiger partial charge in [-0.1, -0.05) is 12.1 Å². The normalized spacial score (nSPS) is 21.7. The molecule has 96 valence electrons. The zero-order chi connectivity index (χ0) is 13.4. The molecule has 0 aromatic carbocycles. The number of aromatic nitrogens is 1. The number of nitrogen functional groups attached to an aromatic ring is 1. The molecule has 0 amide bonds. The minimum Gasteiger partial charge on any atom is -0.400 e. The Morgan fingerprint density at radius 3 is 2.39 bits per heavy atom. The molecule has 5 heteroatoms. The molecular weight excluding hydrogens is 227 g/mol. The van der Waals surface area contributed by atoms with Crippen molar-refractivity contribution in [1.29, 1.82) is 0 Å². The fourth-order valence-electron chi connectivity index (χ4n) is 1.73. The van der Waals surface area contributed by atoms with Crippen LogP contribution in [0, 0.1) is 0 Å². The van der Waals surface area contributed by atoms with Crippen LogP contribution in [0.25, 0.3) is 6.08 Å². The third-order valence-corrected chi connectivity index (χ3v) is 3.52. The molecule has 0 aliphatic carbocycles. The highest BCUT2D eigenvalue weighted by Gasteiger charge is 2.49. The summed E-state index contributed by atoms with van der Waals surface area (Å²) in [6, 6.07) is 3.69. The Labute approximate surface area is 108 Å². The van der Waals surface area contributed by atoms with Crippen LogP contribution in [0.3, 0.4) is 0 Å². The number of hydrogen-bond donors (Lipinski definition) is 1. The number of hydrogen-bond acceptors (Lipinski definition) is 4. The van der Waals surface area contributed by atoms with Crippen molar-refractivity contribution in [2.24, 2.45) is 0 Å². The van der Waals surface area contributed by atoms with Crippen LogP contribution in [-0.4, -0.2) is 23.3 Å². The summed E-state index contributed by atoms with van der Waals surface area (Å²) in [7, 11) is -0.329. The van der Waals surface area contributed by atoms with E-state index in [-0.39, 0.29) is 18.3 Å². The van der Waals surface area contributed by atoms with Gasteiger partial charge in [0.15, 0.2) is 0 Å². The number of nitrogens with two attached hydrogens (primary N) is 1. The predicted octanol–water partition coefficient (Wildman–Crippen LogP) is 2.31. The lowest BCUT2D eigenvalue weighted by molar-refractivity contribution is 0.00578. The SMILES string of the molecule is CC1(C)OB(/C=C/c2ccnc(N)c2)OC1(C)C. The maximum absolute atomic E-state index is 5.86. The van der Waals surface area contributed by atoms with Crippen LogP contribution >= 0.6 is 0 Å². The topological polar surface area (TPSA) is 57.4 Å². The first-order chi connectivity index (χ1) is 8.30. The molecule has 2 rings (SSSR count). The second-order valence-electron chi connectivity index (χ2n) is 5.50. The molecule has 0 radical (unpaired) electrons. The molecule has 0 unspecified atom stereocenters. The fraction of sp³-hybridized carbons (Fsp3) is 0.462. The Bertz CT molecular complexity index is 456. The van der Waals surface area contributed by atoms with Gasteiger partial charge >= 0.3 is 7.12 Å². The number of rotatable bonds is 2. The van der Waals surface area contributed by atoms with Gasteiger partial charge in [0.05, 0.1) is 11.2 Å². The smallest absolute Gasteiger partial charge is 0.400 e. The van der Waals surface area contributed by atoms with Crippen molar-refractivity contribution in [2.45, 2.75) is 38.9 Å². The molecule has 2 N–H and O–H groups in total. The zero-order valence-corrected chi connectivity index (χ0v) is 11.3. The molecule has 1 aromatic rings. The highest BCUT2D eigenvalue weighted by Crippen LogP contribution is 2.36. The van der Waals surface area contributed by atoms with Crippen molar-refractivity contribution in [2.75, 3.05) is 5.73 Å². The van der Waals surface area contributed by atoms with Crippen molar-refractivity contribution >= 4 is 19.0 Å². The molecule has 1 aliphatic heterocycles. The van der Waals surface area contributed by atoms with Gasteiger partial charge in [-0.05, 0) is 45.4 Å². The van der Waals surface area contributed by atoms with Crippen molar-refractivity contribution < 1.29 is 9.31 Å².